The van der Waals surface area contributed by atoms with E-state index in [-0.39, 0.29) is 6.42 Å². The van der Waals surface area contributed by atoms with E-state index in [0.717, 1.165) is 0 Å². The van der Waals surface area contributed by atoms with Gasteiger partial charge in [-0.15, -0.1) is 0 Å². The second-order valence-corrected chi connectivity index (χ2v) is 6.65. The Hall–Kier alpha value is -2.34. The lowest BCUT2D eigenvalue weighted by molar-refractivity contribution is -0.285. The quantitative estimate of drug-likeness (QED) is 0.338. The van der Waals surface area contributed by atoms with Crippen LogP contribution in [-0.2, 0) is 9.47 Å². The molecule has 2 rings (SSSR count). The third-order valence-electron chi connectivity index (χ3n) is 4.88. The standard InChI is InChI=1S/C13H20FN9O5/c1-4-2-5(19-22-16)9(24)11(26)12(4)28-13-8(20-23-17)7(14)10(25)6(27-13)3-18-21-15/h4-13,24-26H,2-3H2,1H3/t4-,5?,6+,7-,8?,9-,10+,11+,12+,13+/m0/s1. The van der Waals surface area contributed by atoms with Crippen molar-refractivity contribution in [3.8, 4) is 0 Å². The van der Waals surface area contributed by atoms with Gasteiger partial charge in [-0.25, -0.2) is 4.39 Å². The van der Waals surface area contributed by atoms with Crippen molar-refractivity contribution >= 4 is 0 Å². The van der Waals surface area contributed by atoms with Gasteiger partial charge in [-0.2, -0.15) is 0 Å². The predicted octanol–water partition coefficient (Wildman–Crippen LogP) is 1.23. The van der Waals surface area contributed by atoms with E-state index in [1.54, 1.807) is 6.92 Å². The van der Waals surface area contributed by atoms with Crippen molar-refractivity contribution in [2.75, 3.05) is 6.54 Å². The van der Waals surface area contributed by atoms with Gasteiger partial charge in [0, 0.05) is 14.7 Å². The summed E-state index contributed by atoms with van der Waals surface area (Å²) in [6.45, 7) is 1.26. The lowest BCUT2D eigenvalue weighted by Crippen LogP contribution is -2.60. The smallest absolute Gasteiger partial charge is 0.170 e. The van der Waals surface area contributed by atoms with E-state index in [1.807, 2.05) is 0 Å². The van der Waals surface area contributed by atoms with Crippen LogP contribution in [0.15, 0.2) is 15.3 Å². The van der Waals surface area contributed by atoms with E-state index >= 15 is 0 Å². The molecule has 0 radical (unpaired) electrons. The molecule has 154 valence electrons. The summed E-state index contributed by atoms with van der Waals surface area (Å²) in [5.41, 5.74) is 25.7. The van der Waals surface area contributed by atoms with E-state index in [0.29, 0.717) is 0 Å². The van der Waals surface area contributed by atoms with Gasteiger partial charge in [0.15, 0.2) is 6.29 Å². The van der Waals surface area contributed by atoms with Gasteiger partial charge in [-0.1, -0.05) is 22.3 Å². The molecule has 2 fully saturated rings. The highest BCUT2D eigenvalue weighted by atomic mass is 19.1. The SMILES string of the molecule is C[C@H]1CC(N=[N+]=[N-])[C@H](O)[C@@H](O)[C@@H]1O[C@H]1O[C@H](CN=[N+]=[N-])[C@@H](O)[C@@H](F)C1N=[N+]=[N-]. The molecule has 0 aromatic heterocycles. The largest absolute Gasteiger partial charge is 0.390 e. The van der Waals surface area contributed by atoms with Crippen molar-refractivity contribution in [1.82, 2.24) is 0 Å². The molecular formula is C13H20FN9O5. The van der Waals surface area contributed by atoms with Crippen molar-refractivity contribution in [3.05, 3.63) is 31.3 Å². The lowest BCUT2D eigenvalue weighted by atomic mass is 9.80. The molecule has 1 saturated carbocycles. The zero-order valence-corrected chi connectivity index (χ0v) is 14.7. The maximum absolute atomic E-state index is 14.6. The third-order valence-corrected chi connectivity index (χ3v) is 4.88. The number of halogens is 1. The fourth-order valence-corrected chi connectivity index (χ4v) is 3.41. The van der Waals surface area contributed by atoms with Crippen LogP contribution in [0.4, 0.5) is 4.39 Å². The molecule has 10 atom stereocenters. The first-order valence-electron chi connectivity index (χ1n) is 8.44. The Kier molecular flexibility index (Phi) is 7.63. The normalized spacial score (nSPS) is 43.2. The van der Waals surface area contributed by atoms with Crippen molar-refractivity contribution in [2.24, 2.45) is 21.3 Å². The van der Waals surface area contributed by atoms with Crippen molar-refractivity contribution < 1.29 is 29.2 Å². The van der Waals surface area contributed by atoms with Crippen molar-refractivity contribution in [1.29, 1.82) is 0 Å². The molecule has 1 aliphatic heterocycles. The molecule has 0 aromatic carbocycles. The van der Waals surface area contributed by atoms with Crippen LogP contribution in [0.5, 0.6) is 0 Å². The second-order valence-electron chi connectivity index (χ2n) is 6.65. The predicted molar refractivity (Wildman–Crippen MR) is 90.1 cm³/mol. The summed E-state index contributed by atoms with van der Waals surface area (Å²) in [4.78, 5) is 7.68. The Labute approximate surface area is 157 Å². The highest BCUT2D eigenvalue weighted by Gasteiger charge is 2.49. The zero-order valence-electron chi connectivity index (χ0n) is 14.7. The van der Waals surface area contributed by atoms with E-state index in [4.69, 9.17) is 26.1 Å². The monoisotopic (exact) mass is 401 g/mol. The van der Waals surface area contributed by atoms with Gasteiger partial charge in [0.1, 0.15) is 24.4 Å². The molecule has 1 saturated heterocycles. The Bertz CT molecular complexity index is 694. The van der Waals surface area contributed by atoms with Crippen LogP contribution in [0, 0.1) is 5.92 Å². The number of hydrogen-bond acceptors (Lipinski definition) is 8. The van der Waals surface area contributed by atoms with Crippen LogP contribution in [0.3, 0.4) is 0 Å². The number of alkyl halides is 1. The lowest BCUT2D eigenvalue weighted by Gasteiger charge is -2.45. The molecule has 2 aliphatic rings. The van der Waals surface area contributed by atoms with Gasteiger partial charge in [0.2, 0.25) is 0 Å². The van der Waals surface area contributed by atoms with Crippen LogP contribution < -0.4 is 0 Å². The maximum Gasteiger partial charge on any atom is 0.170 e. The molecule has 0 amide bonds. The van der Waals surface area contributed by atoms with E-state index < -0.39 is 67.5 Å². The van der Waals surface area contributed by atoms with Gasteiger partial charge in [-0.3, -0.25) is 0 Å². The molecule has 1 heterocycles. The summed E-state index contributed by atoms with van der Waals surface area (Å²) < 4.78 is 25.6. The zero-order chi connectivity index (χ0) is 20.8. The van der Waals surface area contributed by atoms with Gasteiger partial charge < -0.3 is 24.8 Å². The molecular weight excluding hydrogens is 381 g/mol. The molecule has 14 nitrogen and oxygen atoms in total. The number of aliphatic hydroxyl groups is 3. The molecule has 3 N–H and O–H groups in total. The molecule has 2 unspecified atom stereocenters. The Morgan fingerprint density at radius 1 is 1.07 bits per heavy atom. The molecule has 15 heteroatoms. The minimum atomic E-state index is -2.08. The topological polar surface area (TPSA) is 225 Å². The number of nitrogens with zero attached hydrogens (tertiary/aromatic N) is 9. The number of aliphatic hydroxyl groups excluding tert-OH is 3. The van der Waals surface area contributed by atoms with Crippen LogP contribution in [0.25, 0.3) is 31.3 Å². The Morgan fingerprint density at radius 2 is 1.75 bits per heavy atom. The summed E-state index contributed by atoms with van der Waals surface area (Å²) in [5, 5.41) is 40.4. The molecule has 28 heavy (non-hydrogen) atoms. The average molecular weight is 401 g/mol. The maximum atomic E-state index is 14.6. The van der Waals surface area contributed by atoms with Gasteiger partial charge in [-0.05, 0) is 28.9 Å². The summed E-state index contributed by atoms with van der Waals surface area (Å²) in [7, 11) is 0. The fraction of sp³-hybridized carbons (Fsp3) is 1.00. The Balaban J connectivity index is 2.23. The Morgan fingerprint density at radius 3 is 2.36 bits per heavy atom. The van der Waals surface area contributed by atoms with Crippen LogP contribution in [0.1, 0.15) is 13.3 Å². The van der Waals surface area contributed by atoms with Crippen molar-refractivity contribution in [3.63, 3.8) is 0 Å². The van der Waals surface area contributed by atoms with Gasteiger partial charge >= 0.3 is 0 Å². The average Bonchev–Trinajstić information content (AvgIpc) is 2.67. The minimum absolute atomic E-state index is 0.176. The number of azide groups is 3. The first-order valence-corrected chi connectivity index (χ1v) is 8.44. The minimum Gasteiger partial charge on any atom is -0.390 e. The summed E-state index contributed by atoms with van der Waals surface area (Å²) in [6.07, 6.45) is -10.4. The summed E-state index contributed by atoms with van der Waals surface area (Å²) in [5.74, 6) is -0.440. The molecule has 0 bridgehead atoms. The summed E-state index contributed by atoms with van der Waals surface area (Å²) >= 11 is 0. The van der Waals surface area contributed by atoms with Crippen LogP contribution in [0.2, 0.25) is 0 Å². The number of rotatable bonds is 6. The molecule has 0 aromatic rings. The van der Waals surface area contributed by atoms with E-state index in [9.17, 15) is 19.7 Å². The van der Waals surface area contributed by atoms with Gasteiger partial charge in [0.05, 0.1) is 30.9 Å². The van der Waals surface area contributed by atoms with Gasteiger partial charge in [0.25, 0.3) is 0 Å². The number of ether oxygens (including phenoxy) is 2. The molecule has 1 aliphatic carbocycles. The second kappa shape index (κ2) is 9.73. The summed E-state index contributed by atoms with van der Waals surface area (Å²) in [6, 6.07) is -2.45. The van der Waals surface area contributed by atoms with Crippen molar-refractivity contribution in [2.45, 2.75) is 68.4 Å². The third kappa shape index (κ3) is 4.55. The number of hydrogen-bond donors (Lipinski definition) is 3. The first kappa shape index (κ1) is 22.0. The first-order chi connectivity index (χ1) is 13.3. The van der Waals surface area contributed by atoms with E-state index in [1.165, 1.54) is 0 Å². The fourth-order valence-electron chi connectivity index (χ4n) is 3.41. The van der Waals surface area contributed by atoms with Crippen LogP contribution >= 0.6 is 0 Å². The highest BCUT2D eigenvalue weighted by Crippen LogP contribution is 2.34. The highest BCUT2D eigenvalue weighted by molar-refractivity contribution is 4.99. The molecule has 0 spiro atoms. The van der Waals surface area contributed by atoms with E-state index in [2.05, 4.69) is 30.1 Å². The van der Waals surface area contributed by atoms with Crippen LogP contribution in [-0.4, -0.2) is 76.9 Å².